The zero-order valence-electron chi connectivity index (χ0n) is 15.0. The summed E-state index contributed by atoms with van der Waals surface area (Å²) in [5.74, 6) is 1.85. The first kappa shape index (κ1) is 18.9. The number of carbonyl (C=O) groups is 1. The Kier molecular flexibility index (Phi) is 6.08. The first-order valence-electron chi connectivity index (χ1n) is 8.36. The summed E-state index contributed by atoms with van der Waals surface area (Å²) >= 11 is 3.52. The van der Waals surface area contributed by atoms with Gasteiger partial charge in [-0.2, -0.15) is 5.10 Å². The van der Waals surface area contributed by atoms with Crippen LogP contribution in [0.3, 0.4) is 0 Å². The van der Waals surface area contributed by atoms with E-state index in [-0.39, 0.29) is 12.3 Å². The van der Waals surface area contributed by atoms with Crippen LogP contribution < -0.4 is 10.2 Å². The summed E-state index contributed by atoms with van der Waals surface area (Å²) in [7, 11) is 1.61. The maximum absolute atomic E-state index is 12.0. The van der Waals surface area contributed by atoms with Gasteiger partial charge in [0.05, 0.1) is 19.7 Å². The van der Waals surface area contributed by atoms with Crippen molar-refractivity contribution in [3.8, 4) is 17.1 Å². The molecule has 138 valence electrons. The fourth-order valence-electron chi connectivity index (χ4n) is 2.46. The minimum Gasteiger partial charge on any atom is -0.497 e. The van der Waals surface area contributed by atoms with Crippen molar-refractivity contribution in [2.75, 3.05) is 7.11 Å². The Balaban J connectivity index is 1.57. The highest BCUT2D eigenvalue weighted by molar-refractivity contribution is 9.10. The van der Waals surface area contributed by atoms with Gasteiger partial charge in [0.2, 0.25) is 5.91 Å². The van der Waals surface area contributed by atoms with Crippen LogP contribution in [0.4, 0.5) is 0 Å². The van der Waals surface area contributed by atoms with Crippen LogP contribution in [0, 0.1) is 6.92 Å². The molecule has 27 heavy (non-hydrogen) atoms. The van der Waals surface area contributed by atoms with Crippen LogP contribution in [0.5, 0.6) is 5.75 Å². The van der Waals surface area contributed by atoms with Crippen molar-refractivity contribution in [3.05, 3.63) is 76.0 Å². The summed E-state index contributed by atoms with van der Waals surface area (Å²) in [6.45, 7) is 2.03. The summed E-state index contributed by atoms with van der Waals surface area (Å²) in [6, 6.07) is 17.0. The summed E-state index contributed by atoms with van der Waals surface area (Å²) in [4.78, 5) is 12.0. The van der Waals surface area contributed by atoms with Gasteiger partial charge in [-0.1, -0.05) is 40.2 Å². The number of methoxy groups -OCH3 is 1. The number of amides is 1. The molecule has 1 amide bonds. The minimum atomic E-state index is -0.203. The zero-order chi connectivity index (χ0) is 19.2. The Hall–Kier alpha value is -2.86. The van der Waals surface area contributed by atoms with E-state index < -0.39 is 0 Å². The summed E-state index contributed by atoms with van der Waals surface area (Å²) in [6.07, 6.45) is 1.72. The number of nitrogens with one attached hydrogen (secondary N) is 1. The highest BCUT2D eigenvalue weighted by atomic mass is 79.9. The van der Waals surface area contributed by atoms with E-state index in [2.05, 4.69) is 26.5 Å². The molecule has 0 saturated carbocycles. The van der Waals surface area contributed by atoms with Crippen LogP contribution in [0.2, 0.25) is 0 Å². The minimum absolute atomic E-state index is 0.203. The fourth-order valence-corrected chi connectivity index (χ4v) is 2.84. The Morgan fingerprint density at radius 2 is 1.96 bits per heavy atom. The monoisotopic (exact) mass is 426 g/mol. The number of furan rings is 1. The number of hydrogen-bond donors (Lipinski definition) is 1. The first-order valence-corrected chi connectivity index (χ1v) is 9.15. The second kappa shape index (κ2) is 8.68. The van der Waals surface area contributed by atoms with Crippen molar-refractivity contribution in [2.24, 2.45) is 5.10 Å². The van der Waals surface area contributed by atoms with Crippen LogP contribution in [-0.2, 0) is 11.2 Å². The van der Waals surface area contributed by atoms with E-state index in [0.717, 1.165) is 32.7 Å². The molecule has 0 aliphatic carbocycles. The molecule has 3 aromatic rings. The third kappa shape index (κ3) is 5.08. The quantitative estimate of drug-likeness (QED) is 0.458. The number of halogens is 1. The summed E-state index contributed by atoms with van der Waals surface area (Å²) in [5, 5.41) is 3.96. The van der Waals surface area contributed by atoms with Crippen molar-refractivity contribution >= 4 is 28.1 Å². The molecule has 0 atom stereocenters. The lowest BCUT2D eigenvalue weighted by atomic mass is 10.1. The number of hydrogen-bond acceptors (Lipinski definition) is 4. The topological polar surface area (TPSA) is 63.8 Å². The lowest BCUT2D eigenvalue weighted by Crippen LogP contribution is -2.19. The molecule has 0 aliphatic rings. The van der Waals surface area contributed by atoms with E-state index in [1.807, 2.05) is 61.5 Å². The molecule has 0 aliphatic heterocycles. The van der Waals surface area contributed by atoms with Crippen LogP contribution in [0.1, 0.15) is 16.9 Å². The van der Waals surface area contributed by atoms with Crippen LogP contribution in [-0.4, -0.2) is 19.2 Å². The van der Waals surface area contributed by atoms with Gasteiger partial charge in [-0.15, -0.1) is 0 Å². The molecule has 3 rings (SSSR count). The predicted octanol–water partition coefficient (Wildman–Crippen LogP) is 4.72. The molecule has 2 aromatic carbocycles. The van der Waals surface area contributed by atoms with Crippen molar-refractivity contribution in [1.29, 1.82) is 0 Å². The first-order chi connectivity index (χ1) is 13.0. The predicted molar refractivity (Wildman–Crippen MR) is 109 cm³/mol. The van der Waals surface area contributed by atoms with Gasteiger partial charge >= 0.3 is 0 Å². The number of nitrogens with zero attached hydrogens (tertiary/aromatic N) is 1. The number of benzene rings is 2. The Labute approximate surface area is 166 Å². The van der Waals surface area contributed by atoms with E-state index >= 15 is 0 Å². The molecular weight excluding hydrogens is 408 g/mol. The van der Waals surface area contributed by atoms with Crippen molar-refractivity contribution in [3.63, 3.8) is 0 Å². The number of carbonyl (C=O) groups excluding carboxylic acids is 1. The van der Waals surface area contributed by atoms with Gasteiger partial charge in [0.1, 0.15) is 17.3 Å². The number of aryl methyl sites for hydroxylation is 1. The lowest BCUT2D eigenvalue weighted by molar-refractivity contribution is -0.120. The second-order valence-electron chi connectivity index (χ2n) is 5.98. The highest BCUT2D eigenvalue weighted by Gasteiger charge is 2.06. The molecule has 1 heterocycles. The number of rotatable bonds is 6. The molecule has 0 bridgehead atoms. The van der Waals surface area contributed by atoms with Crippen LogP contribution in [0.25, 0.3) is 11.3 Å². The van der Waals surface area contributed by atoms with Crippen molar-refractivity contribution < 1.29 is 13.9 Å². The third-order valence-electron chi connectivity index (χ3n) is 3.99. The van der Waals surface area contributed by atoms with E-state index in [9.17, 15) is 4.79 Å². The zero-order valence-corrected chi connectivity index (χ0v) is 16.6. The van der Waals surface area contributed by atoms with Gasteiger partial charge in [0.15, 0.2) is 0 Å². The molecule has 0 spiro atoms. The number of ether oxygens (including phenoxy) is 1. The van der Waals surface area contributed by atoms with Crippen molar-refractivity contribution in [2.45, 2.75) is 13.3 Å². The van der Waals surface area contributed by atoms with E-state index in [4.69, 9.17) is 9.15 Å². The standard InChI is InChI=1S/C21H19BrN2O3/c1-14-3-6-16(12-19(14)22)20-10-9-18(27-20)13-23-24-21(25)11-15-4-7-17(26-2)8-5-15/h3-10,12-13H,11H2,1-2H3,(H,24,25)/b23-13-. The van der Waals surface area contributed by atoms with Crippen LogP contribution >= 0.6 is 15.9 Å². The van der Waals surface area contributed by atoms with Crippen LogP contribution in [0.15, 0.2) is 68.6 Å². The van der Waals surface area contributed by atoms with Gasteiger partial charge < -0.3 is 9.15 Å². The van der Waals surface area contributed by atoms with Crippen molar-refractivity contribution in [1.82, 2.24) is 5.43 Å². The average molecular weight is 427 g/mol. The molecular formula is C21H19BrN2O3. The molecule has 0 radical (unpaired) electrons. The van der Waals surface area contributed by atoms with E-state index in [1.165, 1.54) is 6.21 Å². The van der Waals surface area contributed by atoms with E-state index in [0.29, 0.717) is 5.76 Å². The van der Waals surface area contributed by atoms with Gasteiger partial charge in [0.25, 0.3) is 0 Å². The van der Waals surface area contributed by atoms with Gasteiger partial charge in [-0.25, -0.2) is 5.43 Å². The lowest BCUT2D eigenvalue weighted by Gasteiger charge is -2.02. The Morgan fingerprint density at radius 3 is 2.67 bits per heavy atom. The van der Waals surface area contributed by atoms with Gasteiger partial charge in [0, 0.05) is 10.0 Å². The van der Waals surface area contributed by atoms with E-state index in [1.54, 1.807) is 7.11 Å². The molecule has 5 nitrogen and oxygen atoms in total. The maximum Gasteiger partial charge on any atom is 0.244 e. The largest absolute Gasteiger partial charge is 0.497 e. The number of hydrazone groups is 1. The van der Waals surface area contributed by atoms with Gasteiger partial charge in [-0.3, -0.25) is 4.79 Å². The molecule has 0 unspecified atom stereocenters. The normalized spacial score (nSPS) is 10.9. The molecule has 1 N–H and O–H groups in total. The molecule has 0 saturated heterocycles. The fraction of sp³-hybridized carbons (Fsp3) is 0.143. The molecule has 6 heteroatoms. The SMILES string of the molecule is COc1ccc(CC(=O)N/N=C\c2ccc(-c3ccc(C)c(Br)c3)o2)cc1. The molecule has 1 aromatic heterocycles. The third-order valence-corrected chi connectivity index (χ3v) is 4.84. The summed E-state index contributed by atoms with van der Waals surface area (Å²) in [5.41, 5.74) is 5.52. The smallest absolute Gasteiger partial charge is 0.244 e. The maximum atomic E-state index is 12.0. The van der Waals surface area contributed by atoms with Gasteiger partial charge in [-0.05, 0) is 48.4 Å². The average Bonchev–Trinajstić information content (AvgIpc) is 3.13. The Bertz CT molecular complexity index is 962. The second-order valence-corrected chi connectivity index (χ2v) is 6.84. The molecule has 0 fully saturated rings. The Morgan fingerprint density at radius 1 is 1.19 bits per heavy atom. The summed E-state index contributed by atoms with van der Waals surface area (Å²) < 4.78 is 11.9. The highest BCUT2D eigenvalue weighted by Crippen LogP contribution is 2.26.